The Balaban J connectivity index is 1.43. The number of anilines is 1. The Morgan fingerprint density at radius 3 is 2.72 bits per heavy atom. The number of nitrogens with zero attached hydrogens (tertiary/aromatic N) is 3. The summed E-state index contributed by atoms with van der Waals surface area (Å²) in [6.07, 6.45) is 1.18. The van der Waals surface area contributed by atoms with E-state index in [0.717, 1.165) is 36.5 Å². The molecular weight excluding hydrogens is 308 g/mol. The highest BCUT2D eigenvalue weighted by molar-refractivity contribution is 5.75. The van der Waals surface area contributed by atoms with Crippen LogP contribution in [0.4, 0.5) is 5.69 Å². The molecule has 1 saturated heterocycles. The van der Waals surface area contributed by atoms with Crippen molar-refractivity contribution in [3.8, 4) is 0 Å². The van der Waals surface area contributed by atoms with Gasteiger partial charge in [0.25, 0.3) is 0 Å². The molecule has 0 aliphatic carbocycles. The van der Waals surface area contributed by atoms with Gasteiger partial charge in [-0.3, -0.25) is 4.90 Å². The first kappa shape index (κ1) is 16.2. The molecule has 0 saturated carbocycles. The number of H-pyrrole nitrogens is 1. The summed E-state index contributed by atoms with van der Waals surface area (Å²) in [6, 6.07) is 15.3. The number of imidazole rings is 1. The van der Waals surface area contributed by atoms with E-state index in [9.17, 15) is 0 Å². The van der Waals surface area contributed by atoms with Crippen molar-refractivity contribution in [3.05, 3.63) is 59.4 Å². The van der Waals surface area contributed by atoms with E-state index in [1.54, 1.807) is 0 Å². The molecule has 130 valence electrons. The van der Waals surface area contributed by atoms with Crippen molar-refractivity contribution < 1.29 is 0 Å². The predicted octanol–water partition coefficient (Wildman–Crippen LogP) is 3.93. The van der Waals surface area contributed by atoms with Crippen LogP contribution in [0, 0.1) is 6.92 Å². The Labute approximate surface area is 149 Å². The fraction of sp³-hybridized carbons (Fsp3) is 0.381. The van der Waals surface area contributed by atoms with E-state index in [4.69, 9.17) is 4.98 Å². The van der Waals surface area contributed by atoms with E-state index in [1.807, 2.05) is 0 Å². The van der Waals surface area contributed by atoms with Crippen molar-refractivity contribution >= 4 is 16.7 Å². The average molecular weight is 334 g/mol. The third kappa shape index (κ3) is 3.40. The van der Waals surface area contributed by atoms with Crippen LogP contribution in [0.25, 0.3) is 11.0 Å². The molecule has 0 unspecified atom stereocenters. The maximum Gasteiger partial charge on any atom is 0.111 e. The number of aromatic nitrogens is 2. The molecule has 2 heterocycles. The summed E-state index contributed by atoms with van der Waals surface area (Å²) in [5.74, 6) is 1.65. The molecule has 4 rings (SSSR count). The molecule has 0 spiro atoms. The first-order valence-electron chi connectivity index (χ1n) is 9.03. The SMILES string of the molecule is Cc1ccc2nc([C@H]3CCN(Cc4ccc(N(C)C)cc4)C3)[nH]c2c1. The van der Waals surface area contributed by atoms with Gasteiger partial charge >= 0.3 is 0 Å². The van der Waals surface area contributed by atoms with Gasteiger partial charge in [0.2, 0.25) is 0 Å². The van der Waals surface area contributed by atoms with Gasteiger partial charge in [0.15, 0.2) is 0 Å². The van der Waals surface area contributed by atoms with Crippen LogP contribution < -0.4 is 4.90 Å². The molecular formula is C21H26N4. The molecule has 0 radical (unpaired) electrons. The molecule has 3 aromatic rings. The van der Waals surface area contributed by atoms with Gasteiger partial charge in [0, 0.05) is 38.8 Å². The maximum atomic E-state index is 4.82. The molecule has 4 nitrogen and oxygen atoms in total. The smallest absolute Gasteiger partial charge is 0.111 e. The van der Waals surface area contributed by atoms with Gasteiger partial charge in [-0.1, -0.05) is 18.2 Å². The van der Waals surface area contributed by atoms with Gasteiger partial charge in [0.1, 0.15) is 5.82 Å². The summed E-state index contributed by atoms with van der Waals surface area (Å²) in [7, 11) is 4.16. The molecule has 1 aliphatic rings. The Hall–Kier alpha value is -2.33. The second-order valence-electron chi connectivity index (χ2n) is 7.42. The highest BCUT2D eigenvalue weighted by atomic mass is 15.2. The lowest BCUT2D eigenvalue weighted by molar-refractivity contribution is 0.326. The highest BCUT2D eigenvalue weighted by Crippen LogP contribution is 2.28. The topological polar surface area (TPSA) is 35.2 Å². The summed E-state index contributed by atoms with van der Waals surface area (Å²) < 4.78 is 0. The molecule has 1 atom stereocenters. The highest BCUT2D eigenvalue weighted by Gasteiger charge is 2.26. The zero-order valence-electron chi connectivity index (χ0n) is 15.3. The van der Waals surface area contributed by atoms with Crippen molar-refractivity contribution in [1.82, 2.24) is 14.9 Å². The molecule has 1 aliphatic heterocycles. The molecule has 0 amide bonds. The van der Waals surface area contributed by atoms with Gasteiger partial charge < -0.3 is 9.88 Å². The monoisotopic (exact) mass is 334 g/mol. The number of fused-ring (bicyclic) bond motifs is 1. The standard InChI is InChI=1S/C21H26N4/c1-15-4-9-19-20(12-15)23-21(22-19)17-10-11-25(14-17)13-16-5-7-18(8-6-16)24(2)3/h4-9,12,17H,10-11,13-14H2,1-3H3,(H,22,23)/t17-/m0/s1. The van der Waals surface area contributed by atoms with E-state index in [2.05, 4.69) is 78.3 Å². The van der Waals surface area contributed by atoms with Gasteiger partial charge in [-0.05, 0) is 55.3 Å². The third-order valence-corrected chi connectivity index (χ3v) is 5.17. The van der Waals surface area contributed by atoms with Crippen LogP contribution in [0.2, 0.25) is 0 Å². The largest absolute Gasteiger partial charge is 0.378 e. The van der Waals surface area contributed by atoms with Crippen LogP contribution in [0.3, 0.4) is 0 Å². The van der Waals surface area contributed by atoms with E-state index in [1.165, 1.54) is 23.2 Å². The predicted molar refractivity (Wildman–Crippen MR) is 104 cm³/mol. The summed E-state index contributed by atoms with van der Waals surface area (Å²) in [6.45, 7) is 5.35. The van der Waals surface area contributed by atoms with Crippen LogP contribution in [-0.4, -0.2) is 42.1 Å². The van der Waals surface area contributed by atoms with Gasteiger partial charge in [-0.15, -0.1) is 0 Å². The number of benzene rings is 2. The van der Waals surface area contributed by atoms with E-state index >= 15 is 0 Å². The van der Waals surface area contributed by atoms with Crippen LogP contribution in [-0.2, 0) is 6.54 Å². The second-order valence-corrected chi connectivity index (χ2v) is 7.42. The molecule has 4 heteroatoms. The van der Waals surface area contributed by atoms with Crippen molar-refractivity contribution in [1.29, 1.82) is 0 Å². The van der Waals surface area contributed by atoms with Gasteiger partial charge in [0.05, 0.1) is 11.0 Å². The number of likely N-dealkylation sites (tertiary alicyclic amines) is 1. The number of rotatable bonds is 4. The lowest BCUT2D eigenvalue weighted by Crippen LogP contribution is -2.20. The Morgan fingerprint density at radius 2 is 1.96 bits per heavy atom. The summed E-state index contributed by atoms with van der Waals surface area (Å²) in [4.78, 5) is 13.0. The van der Waals surface area contributed by atoms with Gasteiger partial charge in [-0.2, -0.15) is 0 Å². The van der Waals surface area contributed by atoms with Crippen molar-refractivity contribution in [2.75, 3.05) is 32.1 Å². The van der Waals surface area contributed by atoms with E-state index in [0.29, 0.717) is 5.92 Å². The molecule has 0 bridgehead atoms. The normalized spacial score (nSPS) is 18.1. The molecule has 1 fully saturated rings. The average Bonchev–Trinajstić information content (AvgIpc) is 3.21. The number of hydrogen-bond donors (Lipinski definition) is 1. The Kier molecular flexibility index (Phi) is 4.22. The zero-order chi connectivity index (χ0) is 17.4. The van der Waals surface area contributed by atoms with E-state index in [-0.39, 0.29) is 0 Å². The number of aryl methyl sites for hydroxylation is 1. The summed E-state index contributed by atoms with van der Waals surface area (Å²) in [5.41, 5.74) is 6.15. The number of aromatic amines is 1. The zero-order valence-corrected chi connectivity index (χ0v) is 15.3. The van der Waals surface area contributed by atoms with Gasteiger partial charge in [-0.25, -0.2) is 4.98 Å². The van der Waals surface area contributed by atoms with Crippen LogP contribution in [0.1, 0.15) is 29.3 Å². The van der Waals surface area contributed by atoms with Crippen LogP contribution in [0.15, 0.2) is 42.5 Å². The van der Waals surface area contributed by atoms with Crippen LogP contribution >= 0.6 is 0 Å². The second kappa shape index (κ2) is 6.52. The fourth-order valence-corrected chi connectivity index (χ4v) is 3.69. The quantitative estimate of drug-likeness (QED) is 0.785. The lowest BCUT2D eigenvalue weighted by atomic mass is 10.1. The first-order valence-corrected chi connectivity index (χ1v) is 9.03. The first-order chi connectivity index (χ1) is 12.1. The Bertz CT molecular complexity index is 863. The summed E-state index contributed by atoms with van der Waals surface area (Å²) in [5, 5.41) is 0. The van der Waals surface area contributed by atoms with E-state index < -0.39 is 0 Å². The van der Waals surface area contributed by atoms with Crippen molar-refractivity contribution in [3.63, 3.8) is 0 Å². The number of hydrogen-bond acceptors (Lipinski definition) is 3. The maximum absolute atomic E-state index is 4.82. The van der Waals surface area contributed by atoms with Crippen molar-refractivity contribution in [2.24, 2.45) is 0 Å². The minimum atomic E-state index is 0.508. The molecule has 1 aromatic heterocycles. The third-order valence-electron chi connectivity index (χ3n) is 5.17. The molecule has 2 aromatic carbocycles. The van der Waals surface area contributed by atoms with Crippen LogP contribution in [0.5, 0.6) is 0 Å². The molecule has 1 N–H and O–H groups in total. The van der Waals surface area contributed by atoms with Crippen molar-refractivity contribution in [2.45, 2.75) is 25.8 Å². The Morgan fingerprint density at radius 1 is 1.16 bits per heavy atom. The minimum Gasteiger partial charge on any atom is -0.378 e. The lowest BCUT2D eigenvalue weighted by Gasteiger charge is -2.17. The fourth-order valence-electron chi connectivity index (χ4n) is 3.69. The summed E-state index contributed by atoms with van der Waals surface area (Å²) >= 11 is 0. The molecule has 25 heavy (non-hydrogen) atoms. The minimum absolute atomic E-state index is 0.508. The number of nitrogens with one attached hydrogen (secondary N) is 1.